The Hall–Kier alpha value is -2.38. The Balaban J connectivity index is 2.07. The molecule has 1 nitrogen and oxygen atoms in total. The van der Waals surface area contributed by atoms with Crippen LogP contribution >= 0.6 is 0 Å². The van der Waals surface area contributed by atoms with E-state index in [4.69, 9.17) is 5.73 Å². The molecule has 23 heavy (non-hydrogen) atoms. The van der Waals surface area contributed by atoms with Crippen molar-refractivity contribution < 1.29 is 0 Å². The van der Waals surface area contributed by atoms with E-state index in [1.807, 2.05) is 0 Å². The van der Waals surface area contributed by atoms with Crippen LogP contribution in [0.25, 0.3) is 11.1 Å². The predicted octanol–water partition coefficient (Wildman–Crippen LogP) is 4.84. The van der Waals surface area contributed by atoms with Gasteiger partial charge in [-0.25, -0.2) is 0 Å². The van der Waals surface area contributed by atoms with Gasteiger partial charge < -0.3 is 5.73 Å². The van der Waals surface area contributed by atoms with Crippen molar-refractivity contribution in [3.63, 3.8) is 0 Å². The average Bonchev–Trinajstić information content (AvgIpc) is 2.77. The normalized spacial score (nSPS) is 14.4. The quantitative estimate of drug-likeness (QED) is 0.683. The zero-order valence-corrected chi connectivity index (χ0v) is 13.9. The fourth-order valence-corrected chi connectivity index (χ4v) is 3.72. The first-order chi connectivity index (χ1) is 11.0. The minimum atomic E-state index is -0.570. The molecule has 0 heterocycles. The molecule has 0 spiro atoms. The molecule has 114 valence electrons. The molecule has 0 fully saturated rings. The second-order valence-corrected chi connectivity index (χ2v) is 6.77. The summed E-state index contributed by atoms with van der Waals surface area (Å²) in [6, 6.07) is 21.8. The van der Waals surface area contributed by atoms with Crippen molar-refractivity contribution in [2.75, 3.05) is 0 Å². The SMILES string of the molecule is Cc1ccc(C2(N)c3ccc(C)cc3-c3cc(C)ccc32)cc1. The maximum Gasteiger partial charge on any atom is 0.0935 e. The van der Waals surface area contributed by atoms with E-state index in [1.54, 1.807) is 0 Å². The highest BCUT2D eigenvalue weighted by Gasteiger charge is 2.41. The van der Waals surface area contributed by atoms with Gasteiger partial charge >= 0.3 is 0 Å². The first kappa shape index (κ1) is 14.2. The fourth-order valence-electron chi connectivity index (χ4n) is 3.72. The number of rotatable bonds is 1. The third kappa shape index (κ3) is 1.97. The van der Waals surface area contributed by atoms with Gasteiger partial charge in [0.2, 0.25) is 0 Å². The van der Waals surface area contributed by atoms with Crippen LogP contribution in [0.4, 0.5) is 0 Å². The Kier molecular flexibility index (Phi) is 2.97. The molecule has 3 aromatic rings. The van der Waals surface area contributed by atoms with E-state index >= 15 is 0 Å². The largest absolute Gasteiger partial charge is 0.314 e. The summed E-state index contributed by atoms with van der Waals surface area (Å²) < 4.78 is 0. The van der Waals surface area contributed by atoms with Crippen molar-refractivity contribution in [1.82, 2.24) is 0 Å². The third-order valence-electron chi connectivity index (χ3n) is 5.00. The van der Waals surface area contributed by atoms with Gasteiger partial charge in [-0.3, -0.25) is 0 Å². The lowest BCUT2D eigenvalue weighted by atomic mass is 9.81. The van der Waals surface area contributed by atoms with Gasteiger partial charge in [-0.15, -0.1) is 0 Å². The van der Waals surface area contributed by atoms with E-state index in [-0.39, 0.29) is 0 Å². The maximum absolute atomic E-state index is 7.05. The molecular formula is C22H21N. The van der Waals surface area contributed by atoms with Crippen LogP contribution in [0.5, 0.6) is 0 Å². The summed E-state index contributed by atoms with van der Waals surface area (Å²) in [6.07, 6.45) is 0. The molecular weight excluding hydrogens is 278 g/mol. The molecule has 0 saturated heterocycles. The highest BCUT2D eigenvalue weighted by atomic mass is 14.8. The van der Waals surface area contributed by atoms with Gasteiger partial charge in [0.15, 0.2) is 0 Å². The smallest absolute Gasteiger partial charge is 0.0935 e. The fraction of sp³-hybridized carbons (Fsp3) is 0.182. The first-order valence-corrected chi connectivity index (χ1v) is 8.09. The minimum absolute atomic E-state index is 0.570. The molecule has 0 amide bonds. The molecule has 1 heteroatoms. The van der Waals surface area contributed by atoms with Crippen LogP contribution in [0.1, 0.15) is 33.4 Å². The van der Waals surface area contributed by atoms with Crippen LogP contribution < -0.4 is 5.73 Å². The Morgan fingerprint density at radius 3 is 1.52 bits per heavy atom. The molecule has 3 aromatic carbocycles. The van der Waals surface area contributed by atoms with Crippen molar-refractivity contribution in [3.05, 3.63) is 94.0 Å². The van der Waals surface area contributed by atoms with Gasteiger partial charge in [-0.1, -0.05) is 77.4 Å². The molecule has 1 aliphatic carbocycles. The van der Waals surface area contributed by atoms with E-state index in [2.05, 4.69) is 81.4 Å². The minimum Gasteiger partial charge on any atom is -0.314 e. The molecule has 0 radical (unpaired) electrons. The topological polar surface area (TPSA) is 26.0 Å². The lowest BCUT2D eigenvalue weighted by Gasteiger charge is -2.28. The first-order valence-electron chi connectivity index (χ1n) is 8.09. The highest BCUT2D eigenvalue weighted by molar-refractivity contribution is 5.83. The summed E-state index contributed by atoms with van der Waals surface area (Å²) in [5, 5.41) is 0. The summed E-state index contributed by atoms with van der Waals surface area (Å²) in [4.78, 5) is 0. The number of hydrogen-bond donors (Lipinski definition) is 1. The van der Waals surface area contributed by atoms with Crippen LogP contribution in [-0.2, 0) is 5.54 Å². The van der Waals surface area contributed by atoms with Crippen molar-refractivity contribution in [2.45, 2.75) is 26.3 Å². The van der Waals surface area contributed by atoms with Gasteiger partial charge in [-0.05, 0) is 48.6 Å². The number of nitrogens with two attached hydrogens (primary N) is 1. The molecule has 0 atom stereocenters. The van der Waals surface area contributed by atoms with Gasteiger partial charge in [0.1, 0.15) is 0 Å². The Morgan fingerprint density at radius 2 is 1.04 bits per heavy atom. The van der Waals surface area contributed by atoms with E-state index in [0.29, 0.717) is 0 Å². The van der Waals surface area contributed by atoms with Crippen molar-refractivity contribution >= 4 is 0 Å². The summed E-state index contributed by atoms with van der Waals surface area (Å²) in [7, 11) is 0. The monoisotopic (exact) mass is 299 g/mol. The van der Waals surface area contributed by atoms with Crippen molar-refractivity contribution in [1.29, 1.82) is 0 Å². The number of aryl methyl sites for hydroxylation is 3. The van der Waals surface area contributed by atoms with Crippen LogP contribution in [0, 0.1) is 20.8 Å². The highest BCUT2D eigenvalue weighted by Crippen LogP contribution is 2.49. The zero-order chi connectivity index (χ0) is 16.2. The second-order valence-electron chi connectivity index (χ2n) is 6.77. The van der Waals surface area contributed by atoms with Crippen LogP contribution in [0.15, 0.2) is 60.7 Å². The number of fused-ring (bicyclic) bond motifs is 3. The Morgan fingerprint density at radius 1 is 0.609 bits per heavy atom. The van der Waals surface area contributed by atoms with Gasteiger partial charge in [0, 0.05) is 0 Å². The summed E-state index contributed by atoms with van der Waals surface area (Å²) >= 11 is 0. The van der Waals surface area contributed by atoms with Crippen molar-refractivity contribution in [2.24, 2.45) is 5.73 Å². The van der Waals surface area contributed by atoms with E-state index in [0.717, 1.165) is 5.56 Å². The van der Waals surface area contributed by atoms with Gasteiger partial charge in [0.25, 0.3) is 0 Å². The zero-order valence-electron chi connectivity index (χ0n) is 13.9. The molecule has 1 aliphatic rings. The average molecular weight is 299 g/mol. The maximum atomic E-state index is 7.05. The Labute approximate surface area is 137 Å². The predicted molar refractivity (Wildman–Crippen MR) is 96.6 cm³/mol. The van der Waals surface area contributed by atoms with Gasteiger partial charge in [-0.2, -0.15) is 0 Å². The summed E-state index contributed by atoms with van der Waals surface area (Å²) in [5.41, 5.74) is 16.4. The van der Waals surface area contributed by atoms with Gasteiger partial charge in [0.05, 0.1) is 5.54 Å². The molecule has 0 saturated carbocycles. The number of benzene rings is 3. The molecule has 0 aromatic heterocycles. The van der Waals surface area contributed by atoms with Crippen LogP contribution in [0.3, 0.4) is 0 Å². The molecule has 0 aliphatic heterocycles. The standard InChI is InChI=1S/C22H21N/c1-14-4-8-17(9-5-14)22(23)20-10-6-15(2)12-18(20)19-13-16(3)7-11-21(19)22/h4-13H,23H2,1-3H3. The molecule has 4 rings (SSSR count). The second kappa shape index (κ2) is 4.81. The van der Waals surface area contributed by atoms with E-state index < -0.39 is 5.54 Å². The Bertz CT molecular complexity index is 852. The summed E-state index contributed by atoms with van der Waals surface area (Å²) in [6.45, 7) is 6.38. The lowest BCUT2D eigenvalue weighted by Crippen LogP contribution is -2.37. The third-order valence-corrected chi connectivity index (χ3v) is 5.00. The lowest BCUT2D eigenvalue weighted by molar-refractivity contribution is 0.671. The van der Waals surface area contributed by atoms with E-state index in [9.17, 15) is 0 Å². The van der Waals surface area contributed by atoms with Crippen molar-refractivity contribution in [3.8, 4) is 11.1 Å². The summed E-state index contributed by atoms with van der Waals surface area (Å²) in [5.74, 6) is 0. The van der Waals surface area contributed by atoms with Crippen LogP contribution in [0.2, 0.25) is 0 Å². The molecule has 2 N–H and O–H groups in total. The van der Waals surface area contributed by atoms with Crippen LogP contribution in [-0.4, -0.2) is 0 Å². The molecule has 0 unspecified atom stereocenters. The van der Waals surface area contributed by atoms with E-state index in [1.165, 1.54) is 38.9 Å². The number of hydrogen-bond acceptors (Lipinski definition) is 1. The molecule has 0 bridgehead atoms.